The van der Waals surface area contributed by atoms with Gasteiger partial charge in [-0.2, -0.15) is 0 Å². The normalized spacial score (nSPS) is 11.3. The number of carbonyl (C=O) groups excluding carboxylic acids is 1. The van der Waals surface area contributed by atoms with E-state index in [4.69, 9.17) is 5.11 Å². The molecule has 0 spiro atoms. The van der Waals surface area contributed by atoms with Crippen molar-refractivity contribution in [1.82, 2.24) is 5.32 Å². The first-order valence-electron chi connectivity index (χ1n) is 4.99. The number of rotatable bonds is 7. The van der Waals surface area contributed by atoms with E-state index in [1.165, 1.54) is 6.08 Å². The zero-order valence-electron chi connectivity index (χ0n) is 8.70. The fourth-order valence-corrected chi connectivity index (χ4v) is 0.938. The lowest BCUT2D eigenvalue weighted by atomic mass is 10.2. The molecule has 0 aromatic heterocycles. The van der Waals surface area contributed by atoms with Gasteiger partial charge in [0.15, 0.2) is 0 Å². The van der Waals surface area contributed by atoms with Gasteiger partial charge in [-0.15, -0.1) is 0 Å². The van der Waals surface area contributed by atoms with Crippen LogP contribution >= 0.6 is 0 Å². The number of nitrogens with one attached hydrogen (secondary N) is 1. The van der Waals surface area contributed by atoms with Crippen molar-refractivity contribution < 1.29 is 9.90 Å². The van der Waals surface area contributed by atoms with E-state index in [9.17, 15) is 4.79 Å². The third kappa shape index (κ3) is 9.00. The highest BCUT2D eigenvalue weighted by atomic mass is 16.2. The van der Waals surface area contributed by atoms with Crippen LogP contribution in [0.4, 0.5) is 0 Å². The summed E-state index contributed by atoms with van der Waals surface area (Å²) < 4.78 is 0. The van der Waals surface area contributed by atoms with Crippen LogP contribution in [0.5, 0.6) is 0 Å². The van der Waals surface area contributed by atoms with Crippen molar-refractivity contribution in [3.8, 4) is 0 Å². The van der Waals surface area contributed by atoms with Gasteiger partial charge in [-0.25, -0.2) is 0 Å². The maximum absolute atomic E-state index is 11.1. The molecule has 80 valence electrons. The lowest BCUT2D eigenvalue weighted by molar-refractivity contribution is -0.116. The molecule has 0 saturated carbocycles. The lowest BCUT2D eigenvalue weighted by Gasteiger charge is -2.00. The van der Waals surface area contributed by atoms with Gasteiger partial charge in [-0.3, -0.25) is 4.79 Å². The molecule has 0 radical (unpaired) electrons. The van der Waals surface area contributed by atoms with E-state index in [0.29, 0.717) is 6.54 Å². The molecule has 0 aliphatic carbocycles. The average Bonchev–Trinajstić information content (AvgIpc) is 2.18. The number of hydrogen-bond donors (Lipinski definition) is 2. The van der Waals surface area contributed by atoms with Crippen molar-refractivity contribution in [3.05, 3.63) is 24.3 Å². The minimum Gasteiger partial charge on any atom is -0.396 e. The van der Waals surface area contributed by atoms with Crippen molar-refractivity contribution in [1.29, 1.82) is 0 Å². The molecule has 2 N–H and O–H groups in total. The number of aliphatic hydroxyl groups is 1. The lowest BCUT2D eigenvalue weighted by Crippen LogP contribution is -2.21. The highest BCUT2D eigenvalue weighted by molar-refractivity contribution is 5.87. The first-order valence-corrected chi connectivity index (χ1v) is 4.99. The van der Waals surface area contributed by atoms with E-state index < -0.39 is 0 Å². The van der Waals surface area contributed by atoms with E-state index in [1.54, 1.807) is 6.08 Å². The number of carbonyl (C=O) groups is 1. The predicted octanol–water partition coefficient (Wildman–Crippen LogP) is 1.40. The van der Waals surface area contributed by atoms with Gasteiger partial charge in [0, 0.05) is 19.2 Å². The topological polar surface area (TPSA) is 49.3 Å². The maximum atomic E-state index is 11.1. The standard InChI is InChI=1S/C11H19NO2/c1-2-3-5-8-11(14)12-9-6-4-7-10-13/h2-3,5,8,13H,4,6-7,9-10H2,1H3,(H,12,14). The fraction of sp³-hybridized carbons (Fsp3) is 0.545. The van der Waals surface area contributed by atoms with E-state index in [0.717, 1.165) is 19.3 Å². The maximum Gasteiger partial charge on any atom is 0.243 e. The van der Waals surface area contributed by atoms with E-state index in [-0.39, 0.29) is 12.5 Å². The smallest absolute Gasteiger partial charge is 0.243 e. The van der Waals surface area contributed by atoms with Gasteiger partial charge >= 0.3 is 0 Å². The van der Waals surface area contributed by atoms with Crippen LogP contribution < -0.4 is 5.32 Å². The SMILES string of the molecule is CC=CC=CC(=O)NCCCCCO. The molecular formula is C11H19NO2. The molecule has 0 unspecified atom stereocenters. The first kappa shape index (κ1) is 12.9. The zero-order valence-corrected chi connectivity index (χ0v) is 8.70. The van der Waals surface area contributed by atoms with Crippen LogP contribution in [0, 0.1) is 0 Å². The molecule has 0 aliphatic heterocycles. The molecule has 0 atom stereocenters. The molecule has 0 bridgehead atoms. The Morgan fingerprint density at radius 2 is 2.07 bits per heavy atom. The van der Waals surface area contributed by atoms with Crippen LogP contribution in [-0.2, 0) is 4.79 Å². The van der Waals surface area contributed by atoms with Gasteiger partial charge in [-0.1, -0.05) is 18.2 Å². The largest absolute Gasteiger partial charge is 0.396 e. The molecule has 0 fully saturated rings. The minimum atomic E-state index is -0.0629. The van der Waals surface area contributed by atoms with Crippen LogP contribution in [0.3, 0.4) is 0 Å². The van der Waals surface area contributed by atoms with Crippen LogP contribution in [0.15, 0.2) is 24.3 Å². The molecule has 1 amide bonds. The molecule has 0 rings (SSSR count). The number of amides is 1. The van der Waals surface area contributed by atoms with Crippen molar-refractivity contribution in [3.63, 3.8) is 0 Å². The third-order valence-corrected chi connectivity index (χ3v) is 1.69. The minimum absolute atomic E-state index is 0.0629. The van der Waals surface area contributed by atoms with Gasteiger partial charge in [0.05, 0.1) is 0 Å². The summed E-state index contributed by atoms with van der Waals surface area (Å²) >= 11 is 0. The summed E-state index contributed by atoms with van der Waals surface area (Å²) in [6, 6.07) is 0. The molecule has 0 aliphatic rings. The number of hydrogen-bond acceptors (Lipinski definition) is 2. The number of aliphatic hydroxyl groups excluding tert-OH is 1. The van der Waals surface area contributed by atoms with Gasteiger partial charge < -0.3 is 10.4 Å². The predicted molar refractivity (Wildman–Crippen MR) is 57.9 cm³/mol. The molecule has 3 heteroatoms. The molecule has 0 heterocycles. The Hall–Kier alpha value is -1.09. The molecular weight excluding hydrogens is 178 g/mol. The van der Waals surface area contributed by atoms with Gasteiger partial charge in [-0.05, 0) is 26.2 Å². The first-order chi connectivity index (χ1) is 6.81. The Balaban J connectivity index is 3.35. The molecule has 0 aromatic carbocycles. The third-order valence-electron chi connectivity index (χ3n) is 1.69. The van der Waals surface area contributed by atoms with Gasteiger partial charge in [0.25, 0.3) is 0 Å². The molecule has 14 heavy (non-hydrogen) atoms. The molecule has 3 nitrogen and oxygen atoms in total. The van der Waals surface area contributed by atoms with E-state index in [1.807, 2.05) is 19.1 Å². The van der Waals surface area contributed by atoms with E-state index in [2.05, 4.69) is 5.32 Å². The van der Waals surface area contributed by atoms with Gasteiger partial charge in [0.1, 0.15) is 0 Å². The van der Waals surface area contributed by atoms with Crippen LogP contribution in [-0.4, -0.2) is 24.2 Å². The Kier molecular flexibility index (Phi) is 9.22. The quantitative estimate of drug-likeness (QED) is 0.368. The van der Waals surface area contributed by atoms with Crippen LogP contribution in [0.25, 0.3) is 0 Å². The fourth-order valence-electron chi connectivity index (χ4n) is 0.938. The van der Waals surface area contributed by atoms with Crippen LogP contribution in [0.2, 0.25) is 0 Å². The summed E-state index contributed by atoms with van der Waals surface area (Å²) in [5.74, 6) is -0.0629. The van der Waals surface area contributed by atoms with Crippen LogP contribution in [0.1, 0.15) is 26.2 Å². The second-order valence-corrected chi connectivity index (χ2v) is 2.96. The molecule has 0 saturated heterocycles. The highest BCUT2D eigenvalue weighted by Crippen LogP contribution is 1.91. The molecule has 0 aromatic rings. The monoisotopic (exact) mass is 197 g/mol. The van der Waals surface area contributed by atoms with Crippen molar-refractivity contribution in [2.75, 3.05) is 13.2 Å². The average molecular weight is 197 g/mol. The van der Waals surface area contributed by atoms with E-state index >= 15 is 0 Å². The Labute approximate surface area is 85.5 Å². The number of unbranched alkanes of at least 4 members (excludes halogenated alkanes) is 2. The van der Waals surface area contributed by atoms with Crippen molar-refractivity contribution >= 4 is 5.91 Å². The van der Waals surface area contributed by atoms with Crippen molar-refractivity contribution in [2.24, 2.45) is 0 Å². The summed E-state index contributed by atoms with van der Waals surface area (Å²) in [4.78, 5) is 11.1. The second kappa shape index (κ2) is 9.99. The highest BCUT2D eigenvalue weighted by Gasteiger charge is 1.92. The summed E-state index contributed by atoms with van der Waals surface area (Å²) in [7, 11) is 0. The summed E-state index contributed by atoms with van der Waals surface area (Å²) in [5, 5.41) is 11.3. The van der Waals surface area contributed by atoms with Crippen molar-refractivity contribution in [2.45, 2.75) is 26.2 Å². The number of allylic oxidation sites excluding steroid dienone is 3. The summed E-state index contributed by atoms with van der Waals surface area (Å²) in [6.45, 7) is 2.81. The second-order valence-electron chi connectivity index (χ2n) is 2.96. The Morgan fingerprint density at radius 3 is 2.71 bits per heavy atom. The summed E-state index contributed by atoms with van der Waals surface area (Å²) in [6.07, 6.45) is 9.58. The summed E-state index contributed by atoms with van der Waals surface area (Å²) in [5.41, 5.74) is 0. The Morgan fingerprint density at radius 1 is 1.29 bits per heavy atom. The van der Waals surface area contributed by atoms with Gasteiger partial charge in [0.2, 0.25) is 5.91 Å². The Bertz CT molecular complexity index is 197. The zero-order chi connectivity index (χ0) is 10.6.